The first-order valence-corrected chi connectivity index (χ1v) is 6.28. The van der Waals surface area contributed by atoms with Crippen molar-refractivity contribution in [3.8, 4) is 0 Å². The van der Waals surface area contributed by atoms with Crippen LogP contribution in [0.15, 0.2) is 24.3 Å². The minimum atomic E-state index is 0.0352. The van der Waals surface area contributed by atoms with Crippen molar-refractivity contribution in [3.05, 3.63) is 27.8 Å². The predicted molar refractivity (Wildman–Crippen MR) is 73.5 cm³/mol. The summed E-state index contributed by atoms with van der Waals surface area (Å²) in [6, 6.07) is 7.73. The lowest BCUT2D eigenvalue weighted by Gasteiger charge is -2.10. The van der Waals surface area contributed by atoms with Crippen LogP contribution in [0.4, 0.5) is 5.69 Å². The molecule has 0 radical (unpaired) electrons. The second-order valence-corrected chi connectivity index (χ2v) is 4.78. The maximum Gasteiger partial charge on any atom is 0.224 e. The average molecular weight is 333 g/mol. The van der Waals surface area contributed by atoms with Crippen LogP contribution in [0, 0.1) is 3.57 Å². The number of benzene rings is 1. The number of amides is 1. The first-order chi connectivity index (χ1) is 7.63. The van der Waals surface area contributed by atoms with Gasteiger partial charge in [-0.2, -0.15) is 0 Å². The first kappa shape index (κ1) is 13.4. The molecule has 1 atom stereocenters. The molecule has 1 unspecified atom stereocenters. The second kappa shape index (κ2) is 6.85. The Balaban J connectivity index is 2.43. The Morgan fingerprint density at radius 1 is 1.50 bits per heavy atom. The molecule has 88 valence electrons. The SMILES string of the molecule is COC(C)CCC(=O)Nc1ccccc1I. The van der Waals surface area contributed by atoms with E-state index in [1.807, 2.05) is 31.2 Å². The summed E-state index contributed by atoms with van der Waals surface area (Å²) in [5, 5.41) is 2.89. The number of ether oxygens (including phenoxy) is 1. The Bertz CT molecular complexity index is 355. The molecule has 0 heterocycles. The number of halogens is 1. The Labute approximate surface area is 110 Å². The topological polar surface area (TPSA) is 38.3 Å². The van der Waals surface area contributed by atoms with Crippen molar-refractivity contribution in [2.45, 2.75) is 25.9 Å². The van der Waals surface area contributed by atoms with Crippen LogP contribution in [0.25, 0.3) is 0 Å². The van der Waals surface area contributed by atoms with E-state index in [-0.39, 0.29) is 12.0 Å². The molecule has 0 saturated carbocycles. The highest BCUT2D eigenvalue weighted by molar-refractivity contribution is 14.1. The summed E-state index contributed by atoms with van der Waals surface area (Å²) in [5.41, 5.74) is 0.873. The van der Waals surface area contributed by atoms with E-state index in [2.05, 4.69) is 27.9 Å². The van der Waals surface area contributed by atoms with Crippen molar-refractivity contribution in [2.75, 3.05) is 12.4 Å². The van der Waals surface area contributed by atoms with Crippen LogP contribution >= 0.6 is 22.6 Å². The standard InChI is InChI=1S/C12H16INO2/c1-9(16-2)7-8-12(15)14-11-6-4-3-5-10(11)13/h3-6,9H,7-8H2,1-2H3,(H,14,15). The van der Waals surface area contributed by atoms with Crippen molar-refractivity contribution in [1.29, 1.82) is 0 Å². The first-order valence-electron chi connectivity index (χ1n) is 5.20. The van der Waals surface area contributed by atoms with Gasteiger partial charge in [-0.15, -0.1) is 0 Å². The molecule has 1 N–H and O–H groups in total. The number of anilines is 1. The zero-order chi connectivity index (χ0) is 12.0. The molecule has 0 saturated heterocycles. The van der Waals surface area contributed by atoms with Gasteiger partial charge >= 0.3 is 0 Å². The largest absolute Gasteiger partial charge is 0.382 e. The molecule has 0 bridgehead atoms. The molecule has 1 aromatic rings. The van der Waals surface area contributed by atoms with Crippen molar-refractivity contribution < 1.29 is 9.53 Å². The maximum absolute atomic E-state index is 11.6. The van der Waals surface area contributed by atoms with E-state index in [0.717, 1.165) is 15.7 Å². The normalized spacial score (nSPS) is 12.2. The Morgan fingerprint density at radius 3 is 2.81 bits per heavy atom. The van der Waals surface area contributed by atoms with E-state index in [4.69, 9.17) is 4.74 Å². The van der Waals surface area contributed by atoms with Crippen LogP contribution in [-0.2, 0) is 9.53 Å². The number of carbonyl (C=O) groups is 1. The summed E-state index contributed by atoms with van der Waals surface area (Å²) in [4.78, 5) is 11.6. The number of carbonyl (C=O) groups excluding carboxylic acids is 1. The van der Waals surface area contributed by atoms with Gasteiger partial charge in [0.25, 0.3) is 0 Å². The van der Waals surface area contributed by atoms with Gasteiger partial charge in [-0.25, -0.2) is 0 Å². The fourth-order valence-corrected chi connectivity index (χ4v) is 1.75. The van der Waals surface area contributed by atoms with Gasteiger partial charge in [0.1, 0.15) is 0 Å². The number of hydrogen-bond acceptors (Lipinski definition) is 2. The van der Waals surface area contributed by atoms with E-state index >= 15 is 0 Å². The van der Waals surface area contributed by atoms with Crippen LogP contribution < -0.4 is 5.32 Å². The van der Waals surface area contributed by atoms with Gasteiger partial charge in [-0.3, -0.25) is 4.79 Å². The quantitative estimate of drug-likeness (QED) is 0.841. The summed E-state index contributed by atoms with van der Waals surface area (Å²) in [7, 11) is 1.66. The third-order valence-electron chi connectivity index (χ3n) is 2.33. The molecule has 0 aromatic heterocycles. The molecule has 0 fully saturated rings. The smallest absolute Gasteiger partial charge is 0.224 e. The van der Waals surface area contributed by atoms with Crippen molar-refractivity contribution >= 4 is 34.2 Å². The molecule has 0 aliphatic rings. The minimum absolute atomic E-state index is 0.0352. The molecular weight excluding hydrogens is 317 g/mol. The molecule has 1 rings (SSSR count). The van der Waals surface area contributed by atoms with Gasteiger partial charge in [0, 0.05) is 17.1 Å². The Kier molecular flexibility index (Phi) is 5.76. The lowest BCUT2D eigenvalue weighted by atomic mass is 10.2. The summed E-state index contributed by atoms with van der Waals surface area (Å²) in [5.74, 6) is 0.0352. The number of methoxy groups -OCH3 is 1. The lowest BCUT2D eigenvalue weighted by molar-refractivity contribution is -0.116. The van der Waals surface area contributed by atoms with Crippen molar-refractivity contribution in [1.82, 2.24) is 0 Å². The Morgan fingerprint density at radius 2 is 2.19 bits per heavy atom. The van der Waals surface area contributed by atoms with Crippen LogP contribution in [0.5, 0.6) is 0 Å². The zero-order valence-corrected chi connectivity index (χ0v) is 11.7. The molecule has 0 aliphatic carbocycles. The summed E-state index contributed by atoms with van der Waals surface area (Å²) < 4.78 is 6.14. The fourth-order valence-electron chi connectivity index (χ4n) is 1.23. The second-order valence-electron chi connectivity index (χ2n) is 3.61. The summed E-state index contributed by atoms with van der Waals surface area (Å²) in [6.45, 7) is 1.96. The highest BCUT2D eigenvalue weighted by atomic mass is 127. The third kappa shape index (κ3) is 4.49. The van der Waals surface area contributed by atoms with Gasteiger partial charge in [-0.1, -0.05) is 12.1 Å². The molecule has 1 amide bonds. The minimum Gasteiger partial charge on any atom is -0.382 e. The van der Waals surface area contributed by atoms with E-state index in [0.29, 0.717) is 6.42 Å². The number of hydrogen-bond donors (Lipinski definition) is 1. The number of nitrogens with one attached hydrogen (secondary N) is 1. The van der Waals surface area contributed by atoms with Gasteiger partial charge < -0.3 is 10.1 Å². The molecule has 3 nitrogen and oxygen atoms in total. The Hall–Kier alpha value is -0.620. The monoisotopic (exact) mass is 333 g/mol. The maximum atomic E-state index is 11.6. The molecular formula is C12H16INO2. The van der Waals surface area contributed by atoms with Gasteiger partial charge in [0.15, 0.2) is 0 Å². The number of para-hydroxylation sites is 1. The zero-order valence-electron chi connectivity index (χ0n) is 9.50. The molecule has 4 heteroatoms. The summed E-state index contributed by atoms with van der Waals surface area (Å²) >= 11 is 2.20. The van der Waals surface area contributed by atoms with Gasteiger partial charge in [0.05, 0.1) is 11.8 Å². The van der Waals surface area contributed by atoms with E-state index in [1.54, 1.807) is 7.11 Å². The molecule has 0 aliphatic heterocycles. The fraction of sp³-hybridized carbons (Fsp3) is 0.417. The van der Waals surface area contributed by atoms with Crippen molar-refractivity contribution in [2.24, 2.45) is 0 Å². The summed E-state index contributed by atoms with van der Waals surface area (Å²) in [6.07, 6.45) is 1.35. The van der Waals surface area contributed by atoms with Crippen LogP contribution in [0.2, 0.25) is 0 Å². The van der Waals surface area contributed by atoms with E-state index < -0.39 is 0 Å². The number of rotatable bonds is 5. The van der Waals surface area contributed by atoms with Gasteiger partial charge in [0.2, 0.25) is 5.91 Å². The molecule has 1 aromatic carbocycles. The van der Waals surface area contributed by atoms with E-state index in [9.17, 15) is 4.79 Å². The highest BCUT2D eigenvalue weighted by Gasteiger charge is 2.07. The van der Waals surface area contributed by atoms with Crippen molar-refractivity contribution in [3.63, 3.8) is 0 Å². The highest BCUT2D eigenvalue weighted by Crippen LogP contribution is 2.17. The lowest BCUT2D eigenvalue weighted by Crippen LogP contribution is -2.15. The van der Waals surface area contributed by atoms with Gasteiger partial charge in [-0.05, 0) is 48.1 Å². The third-order valence-corrected chi connectivity index (χ3v) is 3.27. The average Bonchev–Trinajstić information content (AvgIpc) is 2.29. The molecule has 0 spiro atoms. The predicted octanol–water partition coefficient (Wildman–Crippen LogP) is 3.04. The van der Waals surface area contributed by atoms with E-state index in [1.165, 1.54) is 0 Å². The van der Waals surface area contributed by atoms with Crippen LogP contribution in [0.3, 0.4) is 0 Å². The molecule has 16 heavy (non-hydrogen) atoms. The van der Waals surface area contributed by atoms with Crippen LogP contribution in [0.1, 0.15) is 19.8 Å². The van der Waals surface area contributed by atoms with Crippen LogP contribution in [-0.4, -0.2) is 19.1 Å².